The van der Waals surface area contributed by atoms with Crippen LogP contribution in [0.4, 0.5) is 5.69 Å². The number of rotatable bonds is 6. The van der Waals surface area contributed by atoms with Crippen LogP contribution in [0.15, 0.2) is 58.2 Å². The van der Waals surface area contributed by atoms with E-state index in [0.717, 1.165) is 45.2 Å². The molecule has 4 rings (SSSR count). The Bertz CT molecular complexity index is 969. The maximum absolute atomic E-state index is 12.4. The van der Waals surface area contributed by atoms with E-state index in [9.17, 15) is 4.79 Å². The van der Waals surface area contributed by atoms with Gasteiger partial charge in [-0.3, -0.25) is 9.36 Å². The third-order valence-electron chi connectivity index (χ3n) is 4.35. The van der Waals surface area contributed by atoms with E-state index in [1.54, 1.807) is 0 Å². The van der Waals surface area contributed by atoms with Crippen LogP contribution in [0, 0.1) is 6.92 Å². The number of hydrogen-bond acceptors (Lipinski definition) is 4. The molecular formula is C20H19BrN4OS. The number of nitrogens with zero attached hydrogens (tertiary/aromatic N) is 3. The predicted molar refractivity (Wildman–Crippen MR) is 112 cm³/mol. The maximum Gasteiger partial charge on any atom is 0.234 e. The van der Waals surface area contributed by atoms with E-state index in [-0.39, 0.29) is 11.7 Å². The van der Waals surface area contributed by atoms with E-state index in [1.165, 1.54) is 11.8 Å². The number of anilines is 1. The van der Waals surface area contributed by atoms with Crippen LogP contribution in [0.3, 0.4) is 0 Å². The number of benzene rings is 2. The second-order valence-electron chi connectivity index (χ2n) is 6.61. The molecule has 1 aromatic heterocycles. The van der Waals surface area contributed by atoms with Crippen LogP contribution in [0.2, 0.25) is 0 Å². The van der Waals surface area contributed by atoms with Gasteiger partial charge >= 0.3 is 0 Å². The number of aryl methyl sites for hydroxylation is 1. The Labute approximate surface area is 170 Å². The first-order valence-corrected chi connectivity index (χ1v) is 10.6. The van der Waals surface area contributed by atoms with Crippen LogP contribution in [0.5, 0.6) is 0 Å². The normalized spacial score (nSPS) is 13.6. The Morgan fingerprint density at radius 3 is 2.70 bits per heavy atom. The molecule has 0 atom stereocenters. The van der Waals surface area contributed by atoms with E-state index in [4.69, 9.17) is 0 Å². The minimum absolute atomic E-state index is 0.0693. The first-order chi connectivity index (χ1) is 13.1. The molecule has 1 aliphatic carbocycles. The summed E-state index contributed by atoms with van der Waals surface area (Å²) < 4.78 is 2.96. The van der Waals surface area contributed by atoms with Gasteiger partial charge in [0.2, 0.25) is 5.91 Å². The fourth-order valence-corrected chi connectivity index (χ4v) is 4.19. The average Bonchev–Trinajstić information content (AvgIpc) is 3.42. The monoisotopic (exact) mass is 442 g/mol. The molecule has 0 unspecified atom stereocenters. The summed E-state index contributed by atoms with van der Waals surface area (Å²) >= 11 is 4.90. The molecule has 7 heteroatoms. The number of carbonyl (C=O) groups excluding carboxylic acids is 1. The summed E-state index contributed by atoms with van der Waals surface area (Å²) in [6.07, 6.45) is 2.30. The highest BCUT2D eigenvalue weighted by Gasteiger charge is 2.31. The number of carbonyl (C=O) groups is 1. The summed E-state index contributed by atoms with van der Waals surface area (Å²) in [7, 11) is 0. The number of nitrogens with one attached hydrogen (secondary N) is 1. The number of para-hydroxylation sites is 1. The molecule has 2 aromatic carbocycles. The van der Waals surface area contributed by atoms with Crippen molar-refractivity contribution in [3.63, 3.8) is 0 Å². The van der Waals surface area contributed by atoms with Gasteiger partial charge in [-0.25, -0.2) is 0 Å². The quantitative estimate of drug-likeness (QED) is 0.548. The van der Waals surface area contributed by atoms with Crippen LogP contribution in [-0.4, -0.2) is 26.4 Å². The minimum atomic E-state index is -0.0693. The van der Waals surface area contributed by atoms with Crippen LogP contribution in [0.1, 0.15) is 30.1 Å². The van der Waals surface area contributed by atoms with Gasteiger partial charge in [0.25, 0.3) is 0 Å². The van der Waals surface area contributed by atoms with Crippen molar-refractivity contribution in [2.24, 2.45) is 0 Å². The molecule has 0 bridgehead atoms. The lowest BCUT2D eigenvalue weighted by atomic mass is 10.2. The van der Waals surface area contributed by atoms with Crippen molar-refractivity contribution in [3.8, 4) is 5.69 Å². The molecule has 138 valence electrons. The lowest BCUT2D eigenvalue weighted by Gasteiger charge is -2.10. The molecule has 5 nitrogen and oxygen atoms in total. The van der Waals surface area contributed by atoms with Crippen LogP contribution in [0.25, 0.3) is 5.69 Å². The fourth-order valence-electron chi connectivity index (χ4n) is 2.84. The molecule has 1 saturated carbocycles. The van der Waals surface area contributed by atoms with E-state index < -0.39 is 0 Å². The predicted octanol–water partition coefficient (Wildman–Crippen LogP) is 4.95. The molecular weight excluding hydrogens is 424 g/mol. The molecule has 1 aliphatic rings. The Kier molecular flexibility index (Phi) is 5.31. The van der Waals surface area contributed by atoms with Gasteiger partial charge in [0, 0.05) is 16.1 Å². The topological polar surface area (TPSA) is 59.8 Å². The zero-order valence-electron chi connectivity index (χ0n) is 14.9. The van der Waals surface area contributed by atoms with Gasteiger partial charge < -0.3 is 5.32 Å². The number of hydrogen-bond donors (Lipinski definition) is 1. The van der Waals surface area contributed by atoms with Crippen LogP contribution in [-0.2, 0) is 4.79 Å². The Morgan fingerprint density at radius 2 is 2.00 bits per heavy atom. The summed E-state index contributed by atoms with van der Waals surface area (Å²) in [5, 5.41) is 12.4. The molecule has 1 fully saturated rings. The van der Waals surface area contributed by atoms with Gasteiger partial charge in [-0.2, -0.15) is 0 Å². The number of halogens is 1. The van der Waals surface area contributed by atoms with Gasteiger partial charge in [-0.15, -0.1) is 10.2 Å². The first kappa shape index (κ1) is 18.3. The fraction of sp³-hybridized carbons (Fsp3) is 0.250. The van der Waals surface area contributed by atoms with Crippen molar-refractivity contribution in [2.45, 2.75) is 30.8 Å². The molecule has 0 saturated heterocycles. The standard InChI is InChI=1S/C20H19BrN4OS/c1-13-7-10-17(16(21)11-13)22-18(26)12-27-20-24-23-19(14-8-9-14)25(20)15-5-3-2-4-6-15/h2-7,10-11,14H,8-9,12H2,1H3,(H,22,26). The molecule has 3 aromatic rings. The van der Waals surface area contributed by atoms with E-state index >= 15 is 0 Å². The molecule has 27 heavy (non-hydrogen) atoms. The Balaban J connectivity index is 1.49. The average molecular weight is 443 g/mol. The second kappa shape index (κ2) is 7.86. The van der Waals surface area contributed by atoms with Gasteiger partial charge in [0.1, 0.15) is 5.82 Å². The lowest BCUT2D eigenvalue weighted by Crippen LogP contribution is -2.15. The summed E-state index contributed by atoms with van der Waals surface area (Å²) in [5.74, 6) is 1.67. The number of aromatic nitrogens is 3. The molecule has 1 heterocycles. The number of thioether (sulfide) groups is 1. The Morgan fingerprint density at radius 1 is 1.22 bits per heavy atom. The molecule has 0 aliphatic heterocycles. The number of amides is 1. The lowest BCUT2D eigenvalue weighted by molar-refractivity contribution is -0.113. The smallest absolute Gasteiger partial charge is 0.234 e. The van der Waals surface area contributed by atoms with Crippen molar-refractivity contribution in [2.75, 3.05) is 11.1 Å². The maximum atomic E-state index is 12.4. The van der Waals surface area contributed by atoms with E-state index in [0.29, 0.717) is 5.92 Å². The van der Waals surface area contributed by atoms with E-state index in [2.05, 4.69) is 36.0 Å². The van der Waals surface area contributed by atoms with Gasteiger partial charge in [0.05, 0.1) is 11.4 Å². The summed E-state index contributed by atoms with van der Waals surface area (Å²) in [6.45, 7) is 2.01. The summed E-state index contributed by atoms with van der Waals surface area (Å²) in [5.41, 5.74) is 2.95. The van der Waals surface area contributed by atoms with Gasteiger partial charge in [0.15, 0.2) is 5.16 Å². The van der Waals surface area contributed by atoms with Gasteiger partial charge in [-0.05, 0) is 65.5 Å². The minimum Gasteiger partial charge on any atom is -0.324 e. The first-order valence-electron chi connectivity index (χ1n) is 8.81. The third-order valence-corrected chi connectivity index (χ3v) is 5.93. The molecule has 0 spiro atoms. The Hall–Kier alpha value is -2.12. The molecule has 0 radical (unpaired) electrons. The third kappa shape index (κ3) is 4.25. The zero-order chi connectivity index (χ0) is 18.8. The van der Waals surface area contributed by atoms with Crippen molar-refractivity contribution in [1.29, 1.82) is 0 Å². The van der Waals surface area contributed by atoms with Crippen LogP contribution < -0.4 is 5.32 Å². The molecule has 1 N–H and O–H groups in total. The van der Waals surface area contributed by atoms with Crippen molar-refractivity contribution in [1.82, 2.24) is 14.8 Å². The van der Waals surface area contributed by atoms with Crippen molar-refractivity contribution in [3.05, 3.63) is 64.4 Å². The summed E-state index contributed by atoms with van der Waals surface area (Å²) in [4.78, 5) is 12.4. The molecule has 1 amide bonds. The van der Waals surface area contributed by atoms with Gasteiger partial charge in [-0.1, -0.05) is 36.0 Å². The SMILES string of the molecule is Cc1ccc(NC(=O)CSc2nnc(C3CC3)n2-c2ccccc2)c(Br)c1. The van der Waals surface area contributed by atoms with E-state index in [1.807, 2.05) is 55.5 Å². The highest BCUT2D eigenvalue weighted by atomic mass is 79.9. The summed E-state index contributed by atoms with van der Waals surface area (Å²) in [6, 6.07) is 15.9. The highest BCUT2D eigenvalue weighted by Crippen LogP contribution is 2.41. The van der Waals surface area contributed by atoms with Crippen LogP contribution >= 0.6 is 27.7 Å². The highest BCUT2D eigenvalue weighted by molar-refractivity contribution is 9.10. The zero-order valence-corrected chi connectivity index (χ0v) is 17.3. The van der Waals surface area contributed by atoms with Crippen molar-refractivity contribution < 1.29 is 4.79 Å². The second-order valence-corrected chi connectivity index (χ2v) is 8.40. The largest absolute Gasteiger partial charge is 0.324 e. The van der Waals surface area contributed by atoms with Crippen molar-refractivity contribution >= 4 is 39.3 Å².